The summed E-state index contributed by atoms with van der Waals surface area (Å²) in [6, 6.07) is 5.09. The third-order valence-corrected chi connectivity index (χ3v) is 4.11. The van der Waals surface area contributed by atoms with Crippen LogP contribution in [0.3, 0.4) is 0 Å². The molecule has 2 aromatic rings. The van der Waals surface area contributed by atoms with Crippen molar-refractivity contribution in [3.05, 3.63) is 32.7 Å². The minimum absolute atomic E-state index is 0.110. The highest BCUT2D eigenvalue weighted by molar-refractivity contribution is 9.10. The Morgan fingerprint density at radius 1 is 1.50 bits per heavy atom. The molecule has 5 nitrogen and oxygen atoms in total. The van der Waals surface area contributed by atoms with Crippen LogP contribution < -0.4 is 10.1 Å². The van der Waals surface area contributed by atoms with E-state index in [1.807, 2.05) is 6.92 Å². The van der Waals surface area contributed by atoms with Crippen molar-refractivity contribution < 1.29 is 9.53 Å². The lowest BCUT2D eigenvalue weighted by atomic mass is 10.3. The number of rotatable bonds is 5. The van der Waals surface area contributed by atoms with E-state index in [-0.39, 0.29) is 12.5 Å². The maximum absolute atomic E-state index is 11.7. The Morgan fingerprint density at radius 3 is 2.95 bits per heavy atom. The summed E-state index contributed by atoms with van der Waals surface area (Å²) < 4.78 is 6.09. The van der Waals surface area contributed by atoms with E-state index >= 15 is 0 Å². The molecule has 0 aliphatic heterocycles. The number of nitrogens with zero attached hydrogens (tertiary/aromatic N) is 2. The molecule has 20 heavy (non-hydrogen) atoms. The number of ether oxygens (including phenoxy) is 1. The van der Waals surface area contributed by atoms with Crippen LogP contribution >= 0.6 is 38.9 Å². The normalized spacial score (nSPS) is 10.3. The second-order valence-corrected chi connectivity index (χ2v) is 6.12. The number of amides is 1. The molecule has 0 saturated heterocycles. The second-order valence-electron chi connectivity index (χ2n) is 3.77. The number of hydrogen-bond donors (Lipinski definition) is 1. The molecule has 0 bridgehead atoms. The number of carbonyl (C=O) groups is 1. The van der Waals surface area contributed by atoms with Gasteiger partial charge in [0, 0.05) is 5.02 Å². The Labute approximate surface area is 133 Å². The van der Waals surface area contributed by atoms with E-state index in [1.165, 1.54) is 11.3 Å². The van der Waals surface area contributed by atoms with E-state index in [0.29, 0.717) is 20.4 Å². The summed E-state index contributed by atoms with van der Waals surface area (Å²) in [5.41, 5.74) is 0. The monoisotopic (exact) mass is 375 g/mol. The van der Waals surface area contributed by atoms with Crippen molar-refractivity contribution in [2.75, 3.05) is 11.9 Å². The van der Waals surface area contributed by atoms with Crippen molar-refractivity contribution in [2.45, 2.75) is 13.3 Å². The van der Waals surface area contributed by atoms with Gasteiger partial charge in [-0.05, 0) is 40.5 Å². The first-order chi connectivity index (χ1) is 9.58. The third kappa shape index (κ3) is 4.16. The van der Waals surface area contributed by atoms with Crippen molar-refractivity contribution in [1.82, 2.24) is 10.2 Å². The molecule has 0 fully saturated rings. The fourth-order valence-electron chi connectivity index (χ4n) is 1.34. The maximum atomic E-state index is 11.7. The first-order valence-electron chi connectivity index (χ1n) is 5.78. The summed E-state index contributed by atoms with van der Waals surface area (Å²) in [6.07, 6.45) is 0.793. The first-order valence-corrected chi connectivity index (χ1v) is 7.77. The number of hydrogen-bond acceptors (Lipinski definition) is 5. The average Bonchev–Trinajstić information content (AvgIpc) is 2.85. The lowest BCUT2D eigenvalue weighted by Gasteiger charge is -2.07. The highest BCUT2D eigenvalue weighted by Gasteiger charge is 2.09. The van der Waals surface area contributed by atoms with Gasteiger partial charge in [0.25, 0.3) is 5.91 Å². The number of halogens is 2. The summed E-state index contributed by atoms with van der Waals surface area (Å²) in [4.78, 5) is 11.7. The zero-order chi connectivity index (χ0) is 14.5. The second kappa shape index (κ2) is 7.01. The van der Waals surface area contributed by atoms with Crippen LogP contribution in [0.5, 0.6) is 5.75 Å². The van der Waals surface area contributed by atoms with Gasteiger partial charge in [-0.2, -0.15) is 0 Å². The predicted molar refractivity (Wildman–Crippen MR) is 82.6 cm³/mol. The summed E-state index contributed by atoms with van der Waals surface area (Å²) in [5.74, 6) is 0.265. The van der Waals surface area contributed by atoms with Gasteiger partial charge in [-0.1, -0.05) is 29.9 Å². The number of anilines is 1. The molecular weight excluding hydrogens is 366 g/mol. The van der Waals surface area contributed by atoms with E-state index in [0.717, 1.165) is 11.4 Å². The smallest absolute Gasteiger partial charge is 0.264 e. The van der Waals surface area contributed by atoms with Gasteiger partial charge in [0.1, 0.15) is 10.8 Å². The Balaban J connectivity index is 1.88. The zero-order valence-electron chi connectivity index (χ0n) is 10.5. The molecule has 0 aliphatic carbocycles. The average molecular weight is 377 g/mol. The fraction of sp³-hybridized carbons (Fsp3) is 0.250. The van der Waals surface area contributed by atoms with Crippen molar-refractivity contribution in [3.63, 3.8) is 0 Å². The number of carbonyl (C=O) groups excluding carboxylic acids is 1. The molecule has 1 aromatic carbocycles. The Kier molecular flexibility index (Phi) is 5.33. The summed E-state index contributed by atoms with van der Waals surface area (Å²) >= 11 is 10.5. The molecule has 0 radical (unpaired) electrons. The first kappa shape index (κ1) is 15.2. The van der Waals surface area contributed by atoms with E-state index in [4.69, 9.17) is 16.3 Å². The molecule has 1 amide bonds. The Hall–Kier alpha value is -1.18. The van der Waals surface area contributed by atoms with Gasteiger partial charge in [0.05, 0.1) is 4.47 Å². The molecule has 0 unspecified atom stereocenters. The summed E-state index contributed by atoms with van der Waals surface area (Å²) in [6.45, 7) is 1.87. The minimum atomic E-state index is -0.286. The standard InChI is InChI=1S/C12H11BrClN3O2S/c1-2-11-16-17-12(20-11)15-10(18)6-19-9-4-3-7(14)5-8(9)13/h3-5H,2,6H2,1H3,(H,15,17,18). The minimum Gasteiger partial charge on any atom is -0.483 e. The third-order valence-electron chi connectivity index (χ3n) is 2.27. The summed E-state index contributed by atoms with van der Waals surface area (Å²) in [7, 11) is 0. The van der Waals surface area contributed by atoms with Gasteiger partial charge in [0.2, 0.25) is 5.13 Å². The van der Waals surface area contributed by atoms with Gasteiger partial charge in [-0.15, -0.1) is 10.2 Å². The SMILES string of the molecule is CCc1nnc(NC(=O)COc2ccc(Cl)cc2Br)s1. The van der Waals surface area contributed by atoms with E-state index < -0.39 is 0 Å². The number of benzene rings is 1. The van der Waals surface area contributed by atoms with Gasteiger partial charge in [-0.3, -0.25) is 10.1 Å². The van der Waals surface area contributed by atoms with Crippen LogP contribution in [0.4, 0.5) is 5.13 Å². The lowest BCUT2D eigenvalue weighted by molar-refractivity contribution is -0.118. The van der Waals surface area contributed by atoms with Crippen LogP contribution in [0.1, 0.15) is 11.9 Å². The fourth-order valence-corrected chi connectivity index (χ4v) is 2.83. The van der Waals surface area contributed by atoms with E-state index in [9.17, 15) is 4.79 Å². The molecule has 1 heterocycles. The van der Waals surface area contributed by atoms with Gasteiger partial charge >= 0.3 is 0 Å². The molecule has 1 N–H and O–H groups in total. The molecule has 8 heteroatoms. The molecule has 0 spiro atoms. The molecule has 0 atom stereocenters. The van der Waals surface area contributed by atoms with Crippen LogP contribution in [0.2, 0.25) is 5.02 Å². The van der Waals surface area contributed by atoms with Crippen molar-refractivity contribution in [3.8, 4) is 5.75 Å². The van der Waals surface area contributed by atoms with Gasteiger partial charge in [0.15, 0.2) is 6.61 Å². The number of aryl methyl sites for hydroxylation is 1. The van der Waals surface area contributed by atoms with Crippen LogP contribution in [0.15, 0.2) is 22.7 Å². The highest BCUT2D eigenvalue weighted by Crippen LogP contribution is 2.27. The molecule has 0 aliphatic rings. The topological polar surface area (TPSA) is 64.1 Å². The van der Waals surface area contributed by atoms with Gasteiger partial charge in [-0.25, -0.2) is 0 Å². The molecule has 2 rings (SSSR count). The van der Waals surface area contributed by atoms with E-state index in [2.05, 4.69) is 31.4 Å². The predicted octanol–water partition coefficient (Wildman–Crippen LogP) is 3.53. The maximum Gasteiger partial charge on any atom is 0.264 e. The van der Waals surface area contributed by atoms with Crippen molar-refractivity contribution in [1.29, 1.82) is 0 Å². The van der Waals surface area contributed by atoms with E-state index in [1.54, 1.807) is 18.2 Å². The van der Waals surface area contributed by atoms with Crippen LogP contribution in [-0.4, -0.2) is 22.7 Å². The Bertz CT molecular complexity index is 620. The summed E-state index contributed by atoms with van der Waals surface area (Å²) in [5, 5.41) is 12.4. The zero-order valence-corrected chi connectivity index (χ0v) is 13.7. The molecule has 1 aromatic heterocycles. The van der Waals surface area contributed by atoms with Crippen LogP contribution in [0.25, 0.3) is 0 Å². The Morgan fingerprint density at radius 2 is 2.30 bits per heavy atom. The quantitative estimate of drug-likeness (QED) is 0.867. The van der Waals surface area contributed by atoms with Gasteiger partial charge < -0.3 is 4.74 Å². The number of aromatic nitrogens is 2. The largest absolute Gasteiger partial charge is 0.483 e. The lowest BCUT2D eigenvalue weighted by Crippen LogP contribution is -2.20. The van der Waals surface area contributed by atoms with Crippen molar-refractivity contribution in [2.24, 2.45) is 0 Å². The highest BCUT2D eigenvalue weighted by atomic mass is 79.9. The molecular formula is C12H11BrClN3O2S. The van der Waals surface area contributed by atoms with Crippen molar-refractivity contribution >= 4 is 49.9 Å². The van der Waals surface area contributed by atoms with Crippen LogP contribution in [-0.2, 0) is 11.2 Å². The molecule has 0 saturated carbocycles. The van der Waals surface area contributed by atoms with Crippen LogP contribution in [0, 0.1) is 0 Å². The number of nitrogens with one attached hydrogen (secondary N) is 1. The molecule has 106 valence electrons.